The van der Waals surface area contributed by atoms with Gasteiger partial charge in [0.15, 0.2) is 0 Å². The van der Waals surface area contributed by atoms with E-state index in [0.29, 0.717) is 34.7 Å². The van der Waals surface area contributed by atoms with Crippen LogP contribution >= 0.6 is 11.6 Å². The predicted molar refractivity (Wildman–Crippen MR) is 108 cm³/mol. The Hall–Kier alpha value is -1.10. The molecule has 139 valence electrons. The second kappa shape index (κ2) is 11.0. The minimum atomic E-state index is -0.256. The Morgan fingerprint density at radius 2 is 1.78 bits per heavy atom. The second-order valence-electron chi connectivity index (χ2n) is 5.98. The largest absolute Gasteiger partial charge is 0.693 e. The predicted octanol–water partition coefficient (Wildman–Crippen LogP) is 6.31. The molecule has 0 aromatic heterocycles. The summed E-state index contributed by atoms with van der Waals surface area (Å²) >= 11 is 6.37. The van der Waals surface area contributed by atoms with E-state index >= 15 is 0 Å². The molecular weight excluding hydrogens is 436 g/mol. The molecule has 2 nitrogen and oxygen atoms in total. The van der Waals surface area contributed by atoms with Crippen LogP contribution in [0.1, 0.15) is 29.5 Å². The van der Waals surface area contributed by atoms with Crippen LogP contribution in [-0.4, -0.2) is 6.54 Å². The first-order valence-corrected chi connectivity index (χ1v) is 8.77. The first-order valence-electron chi connectivity index (χ1n) is 8.39. The van der Waals surface area contributed by atoms with E-state index in [1.807, 2.05) is 43.3 Å². The molecule has 0 spiro atoms. The van der Waals surface area contributed by atoms with Gasteiger partial charge in [0.2, 0.25) is 0 Å². The minimum absolute atomic E-state index is 0. The summed E-state index contributed by atoms with van der Waals surface area (Å²) in [7, 11) is 0. The summed E-state index contributed by atoms with van der Waals surface area (Å²) in [6, 6.07) is 22.3. The Labute approximate surface area is 190 Å². The average molecular weight is 458 g/mol. The summed E-state index contributed by atoms with van der Waals surface area (Å²) in [5.74, 6) is -0.220. The van der Waals surface area contributed by atoms with Gasteiger partial charge in [-0.1, -0.05) is 78.2 Å². The van der Waals surface area contributed by atoms with Crippen molar-refractivity contribution in [3.63, 3.8) is 0 Å². The van der Waals surface area contributed by atoms with E-state index in [4.69, 9.17) is 17.3 Å². The summed E-state index contributed by atoms with van der Waals surface area (Å²) < 4.78 is 14.8. The van der Waals surface area contributed by atoms with E-state index in [2.05, 4.69) is 18.2 Å². The maximum absolute atomic E-state index is 14.8. The average Bonchev–Trinajstić information content (AvgIpc) is 2.65. The van der Waals surface area contributed by atoms with Crippen molar-refractivity contribution >= 4 is 11.6 Å². The van der Waals surface area contributed by atoms with E-state index in [-0.39, 0.29) is 50.6 Å². The summed E-state index contributed by atoms with van der Waals surface area (Å²) in [6.45, 7) is 2.40. The molecule has 3 aromatic carbocycles. The summed E-state index contributed by atoms with van der Waals surface area (Å²) in [5, 5.41) is 0.510. The Morgan fingerprint density at radius 3 is 2.41 bits per heavy atom. The fourth-order valence-electron chi connectivity index (χ4n) is 3.09. The van der Waals surface area contributed by atoms with E-state index in [9.17, 15) is 4.39 Å². The van der Waals surface area contributed by atoms with Gasteiger partial charge in [0.05, 0.1) is 0 Å². The Bertz CT molecular complexity index is 871. The van der Waals surface area contributed by atoms with Gasteiger partial charge in [-0.25, -0.2) is 0 Å². The van der Waals surface area contributed by atoms with Crippen molar-refractivity contribution in [3.05, 3.63) is 100 Å². The zero-order chi connectivity index (χ0) is 17.8. The quantitative estimate of drug-likeness (QED) is 0.448. The number of benzene rings is 3. The number of rotatable bonds is 5. The van der Waals surface area contributed by atoms with Crippen molar-refractivity contribution in [1.29, 1.82) is 0 Å². The van der Waals surface area contributed by atoms with Crippen LogP contribution in [0.5, 0.6) is 0 Å². The Morgan fingerprint density at radius 1 is 1.07 bits per heavy atom. The molecule has 0 bridgehead atoms. The van der Waals surface area contributed by atoms with Gasteiger partial charge in [-0.15, -0.1) is 23.8 Å². The first-order chi connectivity index (χ1) is 12.2. The van der Waals surface area contributed by atoms with Gasteiger partial charge >= 0.3 is 0 Å². The van der Waals surface area contributed by atoms with Crippen molar-refractivity contribution in [1.82, 2.24) is 0 Å². The van der Waals surface area contributed by atoms with Gasteiger partial charge in [-0.2, -0.15) is 0 Å². The Balaban J connectivity index is 0.00000182. The molecule has 0 aliphatic heterocycles. The second-order valence-corrected chi connectivity index (χ2v) is 6.39. The van der Waals surface area contributed by atoms with Crippen LogP contribution in [0, 0.1) is 11.9 Å². The van der Waals surface area contributed by atoms with Crippen LogP contribution in [0.2, 0.25) is 5.02 Å². The third-order valence-corrected chi connectivity index (χ3v) is 4.82. The van der Waals surface area contributed by atoms with Crippen molar-refractivity contribution in [2.45, 2.75) is 19.3 Å². The topological polar surface area (TPSA) is 59.5 Å². The smallest absolute Gasteiger partial charge is 0.0398 e. The molecule has 0 aliphatic rings. The maximum Gasteiger partial charge on any atom is 0.0398 e. The standard InChI is InChI=1S/C22H20ClFN.H2N.Y/c1-2-15-9-6-10-18(22(15)24)19-13-17(11-12-21(19)23)20(14-25)16-7-4-3-5-8-16;;/h3-9,11-13,20H,2,14,25H2,1H3;1H2;/q2*-1;. The van der Waals surface area contributed by atoms with E-state index in [1.54, 1.807) is 12.1 Å². The Kier molecular flexibility index (Phi) is 9.79. The van der Waals surface area contributed by atoms with Gasteiger partial charge in [0, 0.05) is 56.0 Å². The van der Waals surface area contributed by atoms with Crippen molar-refractivity contribution in [3.8, 4) is 11.1 Å². The van der Waals surface area contributed by atoms with Crippen molar-refractivity contribution in [2.24, 2.45) is 5.73 Å². The molecule has 0 heterocycles. The molecule has 0 amide bonds. The molecule has 3 aromatic rings. The summed E-state index contributed by atoms with van der Waals surface area (Å²) in [5.41, 5.74) is 9.90. The number of hydrogen-bond donors (Lipinski definition) is 1. The summed E-state index contributed by atoms with van der Waals surface area (Å²) in [6.07, 6.45) is 0.625. The van der Waals surface area contributed by atoms with Crippen LogP contribution < -0.4 is 5.73 Å². The fourth-order valence-corrected chi connectivity index (χ4v) is 3.30. The summed E-state index contributed by atoms with van der Waals surface area (Å²) in [4.78, 5) is 0. The van der Waals surface area contributed by atoms with Gasteiger partial charge < -0.3 is 11.9 Å². The van der Waals surface area contributed by atoms with Crippen LogP contribution in [0.15, 0.2) is 60.7 Å². The molecule has 1 atom stereocenters. The number of hydrogen-bond acceptors (Lipinski definition) is 1. The third kappa shape index (κ3) is 5.25. The van der Waals surface area contributed by atoms with E-state index in [0.717, 1.165) is 11.1 Å². The molecule has 0 saturated carbocycles. The van der Waals surface area contributed by atoms with Crippen LogP contribution in [0.4, 0.5) is 4.39 Å². The molecule has 0 aliphatic carbocycles. The fraction of sp³-hybridized carbons (Fsp3) is 0.182. The van der Waals surface area contributed by atoms with Gasteiger partial charge in [-0.05, 0) is 17.5 Å². The molecule has 0 fully saturated rings. The zero-order valence-electron chi connectivity index (χ0n) is 15.3. The van der Waals surface area contributed by atoms with E-state index < -0.39 is 0 Å². The monoisotopic (exact) mass is 457 g/mol. The SMILES string of the molecule is CCc1cc[c-]c(-c2cc(C(CN)c3ccccc3)ccc2Cl)c1F.[NH2-].[Y]. The van der Waals surface area contributed by atoms with Crippen molar-refractivity contribution < 1.29 is 37.1 Å². The first kappa shape index (κ1) is 23.9. The zero-order valence-corrected chi connectivity index (χ0v) is 18.8. The van der Waals surface area contributed by atoms with Crippen LogP contribution in [-0.2, 0) is 39.1 Å². The molecule has 0 saturated heterocycles. The number of aryl methyl sites for hydroxylation is 1. The molecule has 5 heteroatoms. The van der Waals surface area contributed by atoms with Gasteiger partial charge in [-0.3, -0.25) is 4.39 Å². The molecular formula is C22H22ClFN2Y-2. The number of halogens is 2. The molecule has 4 N–H and O–H groups in total. The van der Waals surface area contributed by atoms with Crippen molar-refractivity contribution in [2.75, 3.05) is 6.54 Å². The van der Waals surface area contributed by atoms with Gasteiger partial charge in [0.25, 0.3) is 0 Å². The van der Waals surface area contributed by atoms with Gasteiger partial charge in [0.1, 0.15) is 0 Å². The molecule has 27 heavy (non-hydrogen) atoms. The van der Waals surface area contributed by atoms with E-state index in [1.165, 1.54) is 0 Å². The van der Waals surface area contributed by atoms with Crippen LogP contribution in [0.3, 0.4) is 0 Å². The van der Waals surface area contributed by atoms with Crippen LogP contribution in [0.25, 0.3) is 17.3 Å². The third-order valence-electron chi connectivity index (χ3n) is 4.49. The number of nitrogens with two attached hydrogens (primary N) is 2. The minimum Gasteiger partial charge on any atom is -0.693 e. The molecule has 1 radical (unpaired) electrons. The molecule has 3 rings (SSSR count). The molecule has 1 unspecified atom stereocenters. The maximum atomic E-state index is 14.8. The normalized spacial score (nSPS) is 11.3.